The molecule has 2 aromatic rings. The summed E-state index contributed by atoms with van der Waals surface area (Å²) in [5, 5.41) is 2.73. The molecule has 0 unspecified atom stereocenters. The van der Waals surface area contributed by atoms with Gasteiger partial charge in [-0.2, -0.15) is 0 Å². The zero-order valence-electron chi connectivity index (χ0n) is 15.6. The highest BCUT2D eigenvalue weighted by Gasteiger charge is 2.16. The van der Waals surface area contributed by atoms with Crippen molar-refractivity contribution in [3.63, 3.8) is 0 Å². The van der Waals surface area contributed by atoms with Gasteiger partial charge in [0.25, 0.3) is 11.8 Å². The lowest BCUT2D eigenvalue weighted by Gasteiger charge is -2.17. The second-order valence-corrected chi connectivity index (χ2v) is 6.18. The van der Waals surface area contributed by atoms with E-state index in [0.29, 0.717) is 17.0 Å². The van der Waals surface area contributed by atoms with Crippen LogP contribution < -0.4 is 10.1 Å². The number of amides is 3. The number of ether oxygens (including phenoxy) is 1. The number of hydrogen-bond donors (Lipinski definition) is 1. The number of likely N-dealkylation sites (N-methyl/N-ethyl adjacent to an activating group) is 2. The fourth-order valence-electron chi connectivity index (χ4n) is 2.22. The van der Waals surface area contributed by atoms with Gasteiger partial charge in [-0.25, -0.2) is 0 Å². The van der Waals surface area contributed by atoms with E-state index in [1.807, 2.05) is 18.2 Å². The molecule has 7 nitrogen and oxygen atoms in total. The fraction of sp³-hybridized carbons (Fsp3) is 0.250. The van der Waals surface area contributed by atoms with Crippen molar-refractivity contribution in [2.75, 3.05) is 39.6 Å². The molecule has 0 radical (unpaired) electrons. The molecule has 0 bridgehead atoms. The van der Waals surface area contributed by atoms with Crippen molar-refractivity contribution < 1.29 is 19.1 Å². The normalized spacial score (nSPS) is 10.0. The Kier molecular flexibility index (Phi) is 6.93. The van der Waals surface area contributed by atoms with Gasteiger partial charge < -0.3 is 19.9 Å². The third-order valence-corrected chi connectivity index (χ3v) is 3.73. The summed E-state index contributed by atoms with van der Waals surface area (Å²) in [7, 11) is 4.83. The quantitative estimate of drug-likeness (QED) is 0.808. The molecule has 0 saturated heterocycles. The fourth-order valence-corrected chi connectivity index (χ4v) is 2.22. The van der Waals surface area contributed by atoms with Crippen molar-refractivity contribution in [3.05, 3.63) is 60.2 Å². The minimum atomic E-state index is -0.317. The second kappa shape index (κ2) is 9.38. The molecule has 0 aliphatic rings. The van der Waals surface area contributed by atoms with E-state index in [-0.39, 0.29) is 30.9 Å². The molecule has 2 aromatic carbocycles. The molecule has 0 aromatic heterocycles. The number of carbonyl (C=O) groups excluding carboxylic acids is 3. The Hall–Kier alpha value is -3.35. The Bertz CT molecular complexity index is 806. The third kappa shape index (κ3) is 6.14. The standard InChI is InChI=1S/C20H23N3O4/c1-22(2)19(25)14-27-17-11-7-8-15(12-17)20(26)23(3)13-18(24)21-16-9-5-4-6-10-16/h4-12H,13-14H2,1-3H3,(H,21,24). The minimum Gasteiger partial charge on any atom is -0.484 e. The van der Waals surface area contributed by atoms with E-state index in [2.05, 4.69) is 5.32 Å². The van der Waals surface area contributed by atoms with Crippen LogP contribution in [-0.2, 0) is 9.59 Å². The zero-order valence-corrected chi connectivity index (χ0v) is 15.6. The van der Waals surface area contributed by atoms with E-state index in [9.17, 15) is 14.4 Å². The van der Waals surface area contributed by atoms with Crippen LogP contribution in [0.15, 0.2) is 54.6 Å². The van der Waals surface area contributed by atoms with Gasteiger partial charge in [0.05, 0.1) is 6.54 Å². The summed E-state index contributed by atoms with van der Waals surface area (Å²) in [6, 6.07) is 15.6. The van der Waals surface area contributed by atoms with Gasteiger partial charge in [-0.3, -0.25) is 14.4 Å². The van der Waals surface area contributed by atoms with Crippen LogP contribution in [0.5, 0.6) is 5.75 Å². The van der Waals surface area contributed by atoms with Crippen LogP contribution in [-0.4, -0.2) is 61.8 Å². The number of rotatable bonds is 7. The highest BCUT2D eigenvalue weighted by molar-refractivity contribution is 5.99. The molecule has 2 rings (SSSR count). The second-order valence-electron chi connectivity index (χ2n) is 6.18. The summed E-state index contributed by atoms with van der Waals surface area (Å²) >= 11 is 0. The highest BCUT2D eigenvalue weighted by atomic mass is 16.5. The maximum Gasteiger partial charge on any atom is 0.259 e. The van der Waals surface area contributed by atoms with Gasteiger partial charge in [-0.1, -0.05) is 24.3 Å². The van der Waals surface area contributed by atoms with E-state index in [4.69, 9.17) is 4.74 Å². The van der Waals surface area contributed by atoms with Crippen molar-refractivity contribution in [2.24, 2.45) is 0 Å². The Morgan fingerprint density at radius 2 is 1.67 bits per heavy atom. The van der Waals surface area contributed by atoms with E-state index in [0.717, 1.165) is 0 Å². The lowest BCUT2D eigenvalue weighted by molar-refractivity contribution is -0.130. The SMILES string of the molecule is CN(C)C(=O)COc1cccc(C(=O)N(C)CC(=O)Nc2ccccc2)c1. The van der Waals surface area contributed by atoms with Gasteiger partial charge in [0.15, 0.2) is 6.61 Å². The summed E-state index contributed by atoms with van der Waals surface area (Å²) in [6.07, 6.45) is 0. The Balaban J connectivity index is 1.94. The minimum absolute atomic E-state index is 0.0854. The molecule has 27 heavy (non-hydrogen) atoms. The van der Waals surface area contributed by atoms with Crippen LogP contribution in [0.3, 0.4) is 0 Å². The van der Waals surface area contributed by atoms with Crippen LogP contribution in [0.2, 0.25) is 0 Å². The zero-order chi connectivity index (χ0) is 19.8. The van der Waals surface area contributed by atoms with Crippen molar-refractivity contribution in [2.45, 2.75) is 0 Å². The van der Waals surface area contributed by atoms with Gasteiger partial charge >= 0.3 is 0 Å². The number of anilines is 1. The van der Waals surface area contributed by atoms with Gasteiger partial charge in [0.1, 0.15) is 5.75 Å². The molecule has 0 spiro atoms. The van der Waals surface area contributed by atoms with Gasteiger partial charge in [0.2, 0.25) is 5.91 Å². The van der Waals surface area contributed by atoms with E-state index < -0.39 is 0 Å². The molecule has 0 aliphatic carbocycles. The number of benzene rings is 2. The Morgan fingerprint density at radius 3 is 2.33 bits per heavy atom. The van der Waals surface area contributed by atoms with Gasteiger partial charge in [0, 0.05) is 32.4 Å². The third-order valence-electron chi connectivity index (χ3n) is 3.73. The van der Waals surface area contributed by atoms with Crippen molar-refractivity contribution in [3.8, 4) is 5.75 Å². The Labute approximate surface area is 158 Å². The average Bonchev–Trinajstić information content (AvgIpc) is 2.66. The molecule has 0 saturated carbocycles. The predicted octanol–water partition coefficient (Wildman–Crippen LogP) is 1.86. The summed E-state index contributed by atoms with van der Waals surface area (Å²) in [4.78, 5) is 39.0. The van der Waals surface area contributed by atoms with Gasteiger partial charge in [-0.15, -0.1) is 0 Å². The summed E-state index contributed by atoms with van der Waals surface area (Å²) in [5.74, 6) is -0.372. The maximum atomic E-state index is 12.5. The Morgan fingerprint density at radius 1 is 0.963 bits per heavy atom. The van der Waals surface area contributed by atoms with Gasteiger partial charge in [-0.05, 0) is 30.3 Å². The molecule has 7 heteroatoms. The number of carbonyl (C=O) groups is 3. The first-order valence-electron chi connectivity index (χ1n) is 8.40. The number of nitrogens with zero attached hydrogens (tertiary/aromatic N) is 2. The van der Waals surface area contributed by atoms with Crippen molar-refractivity contribution >= 4 is 23.4 Å². The van der Waals surface area contributed by atoms with Crippen LogP contribution in [0.1, 0.15) is 10.4 Å². The maximum absolute atomic E-state index is 12.5. The molecule has 3 amide bonds. The molecule has 142 valence electrons. The van der Waals surface area contributed by atoms with E-state index in [1.54, 1.807) is 57.5 Å². The first-order valence-corrected chi connectivity index (χ1v) is 8.40. The first-order chi connectivity index (χ1) is 12.9. The molecular weight excluding hydrogens is 346 g/mol. The lowest BCUT2D eigenvalue weighted by Crippen LogP contribution is -2.35. The molecular formula is C20H23N3O4. The highest BCUT2D eigenvalue weighted by Crippen LogP contribution is 2.15. The molecule has 0 aliphatic heterocycles. The van der Waals surface area contributed by atoms with Crippen LogP contribution in [0, 0.1) is 0 Å². The van der Waals surface area contributed by atoms with E-state index in [1.165, 1.54) is 9.80 Å². The first kappa shape index (κ1) is 20.0. The molecule has 1 N–H and O–H groups in total. The monoisotopic (exact) mass is 369 g/mol. The summed E-state index contributed by atoms with van der Waals surface area (Å²) in [5.41, 5.74) is 1.05. The lowest BCUT2D eigenvalue weighted by atomic mass is 10.2. The number of para-hydroxylation sites is 1. The van der Waals surface area contributed by atoms with Crippen LogP contribution >= 0.6 is 0 Å². The number of nitrogens with one attached hydrogen (secondary N) is 1. The largest absolute Gasteiger partial charge is 0.484 e. The molecule has 0 heterocycles. The smallest absolute Gasteiger partial charge is 0.259 e. The summed E-state index contributed by atoms with van der Waals surface area (Å²) in [6.45, 7) is -0.197. The average molecular weight is 369 g/mol. The summed E-state index contributed by atoms with van der Waals surface area (Å²) < 4.78 is 5.42. The molecule has 0 atom stereocenters. The van der Waals surface area contributed by atoms with E-state index >= 15 is 0 Å². The van der Waals surface area contributed by atoms with Crippen molar-refractivity contribution in [1.29, 1.82) is 0 Å². The van der Waals surface area contributed by atoms with Crippen molar-refractivity contribution in [1.82, 2.24) is 9.80 Å². The topological polar surface area (TPSA) is 79.0 Å². The predicted molar refractivity (Wildman–Crippen MR) is 103 cm³/mol. The van der Waals surface area contributed by atoms with Crippen LogP contribution in [0.4, 0.5) is 5.69 Å². The van der Waals surface area contributed by atoms with Crippen LogP contribution in [0.25, 0.3) is 0 Å². The molecule has 0 fully saturated rings. The number of hydrogen-bond acceptors (Lipinski definition) is 4.